The molecule has 1 aromatic rings. The van der Waals surface area contributed by atoms with E-state index in [0.29, 0.717) is 5.69 Å². The van der Waals surface area contributed by atoms with Crippen LogP contribution in [-0.2, 0) is 6.18 Å². The third-order valence-electron chi connectivity index (χ3n) is 3.98. The van der Waals surface area contributed by atoms with E-state index in [1.54, 1.807) is 0 Å². The fourth-order valence-corrected chi connectivity index (χ4v) is 2.60. The fraction of sp³-hybridized carbons (Fsp3) is 0.562. The van der Waals surface area contributed by atoms with Crippen molar-refractivity contribution in [3.63, 3.8) is 0 Å². The average molecular weight is 344 g/mol. The van der Waals surface area contributed by atoms with Crippen LogP contribution in [0.2, 0.25) is 0 Å². The molecule has 5 nitrogen and oxygen atoms in total. The second kappa shape index (κ2) is 7.85. The standard InChI is InChI=1S/C16H23F3N4O/c1-12(11-23-9-7-22(2)8-10-23)20-15(24)21-14-5-3-13(4-6-14)16(17,18)19/h3-6,12H,7-11H2,1-2H3,(H2,20,21,24)/t12-/m1/s1. The van der Waals surface area contributed by atoms with Crippen molar-refractivity contribution in [3.8, 4) is 0 Å². The molecule has 1 saturated heterocycles. The van der Waals surface area contributed by atoms with E-state index < -0.39 is 17.8 Å². The number of nitrogens with one attached hydrogen (secondary N) is 2. The zero-order chi connectivity index (χ0) is 17.7. The summed E-state index contributed by atoms with van der Waals surface area (Å²) in [6, 6.07) is 3.91. The predicted molar refractivity (Wildman–Crippen MR) is 87.0 cm³/mol. The Morgan fingerprint density at radius 1 is 1.17 bits per heavy atom. The van der Waals surface area contributed by atoms with Crippen molar-refractivity contribution in [2.45, 2.75) is 19.1 Å². The lowest BCUT2D eigenvalue weighted by Gasteiger charge is -2.34. The second-order valence-corrected chi connectivity index (χ2v) is 6.18. The van der Waals surface area contributed by atoms with Crippen LogP contribution in [0.3, 0.4) is 0 Å². The molecule has 0 radical (unpaired) electrons. The van der Waals surface area contributed by atoms with E-state index in [1.807, 2.05) is 6.92 Å². The number of alkyl halides is 3. The number of nitrogens with zero attached hydrogens (tertiary/aromatic N) is 2. The van der Waals surface area contributed by atoms with Crippen LogP contribution in [0, 0.1) is 0 Å². The molecule has 0 saturated carbocycles. The van der Waals surface area contributed by atoms with Gasteiger partial charge >= 0.3 is 12.2 Å². The summed E-state index contributed by atoms with van der Waals surface area (Å²) >= 11 is 0. The summed E-state index contributed by atoms with van der Waals surface area (Å²) in [6.07, 6.45) is -4.38. The van der Waals surface area contributed by atoms with Crippen LogP contribution < -0.4 is 10.6 Å². The highest BCUT2D eigenvalue weighted by molar-refractivity contribution is 5.89. The zero-order valence-electron chi connectivity index (χ0n) is 13.9. The second-order valence-electron chi connectivity index (χ2n) is 6.18. The Kier molecular flexibility index (Phi) is 6.06. The van der Waals surface area contributed by atoms with Gasteiger partial charge in [0, 0.05) is 44.5 Å². The third-order valence-corrected chi connectivity index (χ3v) is 3.98. The first-order chi connectivity index (χ1) is 11.2. The average Bonchev–Trinajstić information content (AvgIpc) is 2.49. The summed E-state index contributed by atoms with van der Waals surface area (Å²) in [4.78, 5) is 16.5. The Hall–Kier alpha value is -1.80. The number of likely N-dealkylation sites (N-methyl/N-ethyl adjacent to an activating group) is 1. The van der Waals surface area contributed by atoms with Gasteiger partial charge < -0.3 is 15.5 Å². The maximum Gasteiger partial charge on any atom is 0.416 e. The van der Waals surface area contributed by atoms with Crippen molar-refractivity contribution >= 4 is 11.7 Å². The minimum Gasteiger partial charge on any atom is -0.334 e. The molecular formula is C16H23F3N4O. The Labute approximate surface area is 139 Å². The summed E-state index contributed by atoms with van der Waals surface area (Å²) in [5, 5.41) is 5.36. The number of benzene rings is 1. The van der Waals surface area contributed by atoms with Gasteiger partial charge in [-0.3, -0.25) is 4.90 Å². The molecule has 2 N–H and O–H groups in total. The lowest BCUT2D eigenvalue weighted by Crippen LogP contribution is -2.50. The number of hydrogen-bond acceptors (Lipinski definition) is 3. The molecule has 2 amide bonds. The van der Waals surface area contributed by atoms with Crippen LogP contribution >= 0.6 is 0 Å². The largest absolute Gasteiger partial charge is 0.416 e. The summed E-state index contributed by atoms with van der Waals surface area (Å²) in [5.41, 5.74) is -0.413. The highest BCUT2D eigenvalue weighted by Crippen LogP contribution is 2.29. The Morgan fingerprint density at radius 3 is 2.29 bits per heavy atom. The summed E-state index contributed by atoms with van der Waals surface area (Å²) in [6.45, 7) is 6.58. The van der Waals surface area contributed by atoms with Crippen molar-refractivity contribution in [3.05, 3.63) is 29.8 Å². The zero-order valence-corrected chi connectivity index (χ0v) is 13.9. The van der Waals surface area contributed by atoms with Crippen molar-refractivity contribution in [2.75, 3.05) is 45.1 Å². The van der Waals surface area contributed by atoms with Crippen LogP contribution in [0.5, 0.6) is 0 Å². The number of anilines is 1. The van der Waals surface area contributed by atoms with Crippen molar-refractivity contribution in [1.29, 1.82) is 0 Å². The SMILES string of the molecule is C[C@H](CN1CCN(C)CC1)NC(=O)Nc1ccc(C(F)(F)F)cc1. The molecule has 0 unspecified atom stereocenters. The number of carbonyl (C=O) groups is 1. The molecule has 0 bridgehead atoms. The van der Waals surface area contributed by atoms with Crippen LogP contribution in [0.15, 0.2) is 24.3 Å². The first-order valence-corrected chi connectivity index (χ1v) is 7.90. The molecule has 1 atom stereocenters. The molecule has 2 rings (SSSR count). The summed E-state index contributed by atoms with van der Waals surface area (Å²) < 4.78 is 37.5. The van der Waals surface area contributed by atoms with E-state index in [1.165, 1.54) is 12.1 Å². The van der Waals surface area contributed by atoms with Crippen LogP contribution in [0.1, 0.15) is 12.5 Å². The number of halogens is 3. The molecule has 1 heterocycles. The molecule has 1 aromatic carbocycles. The van der Waals surface area contributed by atoms with Gasteiger partial charge in [-0.25, -0.2) is 4.79 Å². The van der Waals surface area contributed by atoms with Crippen molar-refractivity contribution in [2.24, 2.45) is 0 Å². The van der Waals surface area contributed by atoms with E-state index in [9.17, 15) is 18.0 Å². The van der Waals surface area contributed by atoms with Gasteiger partial charge in [-0.1, -0.05) is 0 Å². The van der Waals surface area contributed by atoms with Crippen LogP contribution in [0.25, 0.3) is 0 Å². The van der Waals surface area contributed by atoms with E-state index in [4.69, 9.17) is 0 Å². The molecule has 24 heavy (non-hydrogen) atoms. The van der Waals surface area contributed by atoms with Gasteiger partial charge in [0.25, 0.3) is 0 Å². The minimum atomic E-state index is -4.38. The van der Waals surface area contributed by atoms with Gasteiger partial charge in [0.05, 0.1) is 5.56 Å². The molecule has 8 heteroatoms. The maximum absolute atomic E-state index is 12.5. The Bertz CT molecular complexity index is 539. The smallest absolute Gasteiger partial charge is 0.334 e. The highest BCUT2D eigenvalue weighted by Gasteiger charge is 2.30. The molecule has 1 fully saturated rings. The molecule has 0 spiro atoms. The van der Waals surface area contributed by atoms with E-state index in [0.717, 1.165) is 44.9 Å². The minimum absolute atomic E-state index is 0.0529. The third kappa shape index (κ3) is 5.68. The number of amides is 2. The maximum atomic E-state index is 12.5. The number of rotatable bonds is 4. The first-order valence-electron chi connectivity index (χ1n) is 7.90. The van der Waals surface area contributed by atoms with E-state index in [-0.39, 0.29) is 6.04 Å². The van der Waals surface area contributed by atoms with Gasteiger partial charge in [0.1, 0.15) is 0 Å². The Balaban J connectivity index is 1.78. The molecule has 1 aliphatic rings. The number of urea groups is 1. The van der Waals surface area contributed by atoms with Gasteiger partial charge in [-0.15, -0.1) is 0 Å². The molecule has 0 aromatic heterocycles. The van der Waals surface area contributed by atoms with Crippen LogP contribution in [-0.4, -0.2) is 61.6 Å². The van der Waals surface area contributed by atoms with Gasteiger partial charge in [0.15, 0.2) is 0 Å². The summed E-state index contributed by atoms with van der Waals surface area (Å²) in [5.74, 6) is 0. The fourth-order valence-electron chi connectivity index (χ4n) is 2.60. The normalized spacial score (nSPS) is 18.2. The lowest BCUT2D eigenvalue weighted by atomic mass is 10.2. The molecule has 1 aliphatic heterocycles. The Morgan fingerprint density at radius 2 is 1.75 bits per heavy atom. The monoisotopic (exact) mass is 344 g/mol. The van der Waals surface area contributed by atoms with E-state index >= 15 is 0 Å². The number of carbonyl (C=O) groups excluding carboxylic acids is 1. The number of piperazine rings is 1. The first kappa shape index (κ1) is 18.5. The molecule has 134 valence electrons. The quantitative estimate of drug-likeness (QED) is 0.882. The summed E-state index contributed by atoms with van der Waals surface area (Å²) in [7, 11) is 2.08. The van der Waals surface area contributed by atoms with Gasteiger partial charge in [0.2, 0.25) is 0 Å². The number of hydrogen-bond donors (Lipinski definition) is 2. The highest BCUT2D eigenvalue weighted by atomic mass is 19.4. The lowest BCUT2D eigenvalue weighted by molar-refractivity contribution is -0.137. The van der Waals surface area contributed by atoms with Crippen molar-refractivity contribution < 1.29 is 18.0 Å². The van der Waals surface area contributed by atoms with E-state index in [2.05, 4.69) is 27.5 Å². The van der Waals surface area contributed by atoms with Gasteiger partial charge in [-0.2, -0.15) is 13.2 Å². The topological polar surface area (TPSA) is 47.6 Å². The molecule has 0 aliphatic carbocycles. The van der Waals surface area contributed by atoms with Crippen LogP contribution in [0.4, 0.5) is 23.7 Å². The van der Waals surface area contributed by atoms with Crippen molar-refractivity contribution in [1.82, 2.24) is 15.1 Å². The van der Waals surface area contributed by atoms with Gasteiger partial charge in [-0.05, 0) is 38.2 Å². The predicted octanol–water partition coefficient (Wildman–Crippen LogP) is 2.46. The molecular weight excluding hydrogens is 321 g/mol.